The molecule has 0 aliphatic rings. The van der Waals surface area contributed by atoms with Crippen molar-refractivity contribution < 1.29 is 9.59 Å². The summed E-state index contributed by atoms with van der Waals surface area (Å²) in [6.45, 7) is 0.433. The van der Waals surface area contributed by atoms with E-state index >= 15 is 0 Å². The Morgan fingerprint density at radius 2 is 1.87 bits per heavy atom. The minimum atomic E-state index is -0.634. The van der Waals surface area contributed by atoms with Crippen LogP contribution in [-0.2, 0) is 16.1 Å². The van der Waals surface area contributed by atoms with Gasteiger partial charge >= 0.3 is 0 Å². The van der Waals surface area contributed by atoms with Gasteiger partial charge in [-0.1, -0.05) is 30.3 Å². The summed E-state index contributed by atoms with van der Waals surface area (Å²) in [5, 5.41) is 2.62. The third-order valence-electron chi connectivity index (χ3n) is 1.71. The highest BCUT2D eigenvalue weighted by atomic mass is 16.2. The normalized spacial score (nSPS) is 10.1. The molecule has 0 saturated carbocycles. The van der Waals surface area contributed by atoms with Crippen molar-refractivity contribution in [2.24, 2.45) is 5.73 Å². The highest BCUT2D eigenvalue weighted by molar-refractivity contribution is 5.95. The van der Waals surface area contributed by atoms with Gasteiger partial charge in [0.05, 0.1) is 0 Å². The zero-order chi connectivity index (χ0) is 11.1. The lowest BCUT2D eigenvalue weighted by atomic mass is 10.2. The Kier molecular flexibility index (Phi) is 4.09. The van der Waals surface area contributed by atoms with Crippen LogP contribution in [0.3, 0.4) is 0 Å². The Balaban J connectivity index is 2.38. The fourth-order valence-electron chi connectivity index (χ4n) is 1.00. The molecule has 0 atom stereocenters. The predicted octanol–water partition coefficient (Wildman–Crippen LogP) is 0.344. The van der Waals surface area contributed by atoms with E-state index in [4.69, 9.17) is 5.73 Å². The quantitative estimate of drug-likeness (QED) is 0.694. The van der Waals surface area contributed by atoms with Gasteiger partial charge in [0.1, 0.15) is 0 Å². The van der Waals surface area contributed by atoms with E-state index < -0.39 is 5.91 Å². The van der Waals surface area contributed by atoms with Crippen molar-refractivity contribution in [1.29, 1.82) is 0 Å². The summed E-state index contributed by atoms with van der Waals surface area (Å²) in [4.78, 5) is 21.4. The van der Waals surface area contributed by atoms with Crippen molar-refractivity contribution in [2.45, 2.75) is 6.54 Å². The van der Waals surface area contributed by atoms with E-state index in [1.807, 2.05) is 30.3 Å². The molecule has 2 amide bonds. The minimum Gasteiger partial charge on any atom is -0.366 e. The highest BCUT2D eigenvalue weighted by Crippen LogP contribution is 1.96. The summed E-state index contributed by atoms with van der Waals surface area (Å²) in [6, 6.07) is 9.48. The average Bonchev–Trinajstić information content (AvgIpc) is 2.25. The molecule has 15 heavy (non-hydrogen) atoms. The summed E-state index contributed by atoms with van der Waals surface area (Å²) in [5.74, 6) is -0.970. The van der Waals surface area contributed by atoms with Gasteiger partial charge in [0, 0.05) is 18.7 Å². The molecule has 4 nitrogen and oxygen atoms in total. The fraction of sp³-hybridized carbons (Fsp3) is 0.0909. The van der Waals surface area contributed by atoms with Crippen LogP contribution in [0.4, 0.5) is 0 Å². The van der Waals surface area contributed by atoms with Crippen LogP contribution in [0, 0.1) is 0 Å². The van der Waals surface area contributed by atoms with Crippen LogP contribution in [0.15, 0.2) is 42.5 Å². The molecule has 0 bridgehead atoms. The molecule has 0 spiro atoms. The lowest BCUT2D eigenvalue weighted by Crippen LogP contribution is -2.21. The van der Waals surface area contributed by atoms with Crippen molar-refractivity contribution in [2.75, 3.05) is 0 Å². The largest absolute Gasteiger partial charge is 0.366 e. The Hall–Kier alpha value is -2.10. The van der Waals surface area contributed by atoms with Crippen molar-refractivity contribution in [3.63, 3.8) is 0 Å². The number of primary amides is 1. The van der Waals surface area contributed by atoms with Crippen molar-refractivity contribution in [1.82, 2.24) is 5.32 Å². The SMILES string of the molecule is NC(=O)/C=C/C(=O)NCc1ccccc1. The topological polar surface area (TPSA) is 72.2 Å². The first-order valence-electron chi connectivity index (χ1n) is 4.48. The van der Waals surface area contributed by atoms with Gasteiger partial charge in [-0.25, -0.2) is 0 Å². The zero-order valence-corrected chi connectivity index (χ0v) is 8.14. The van der Waals surface area contributed by atoms with Gasteiger partial charge < -0.3 is 11.1 Å². The van der Waals surface area contributed by atoms with E-state index in [-0.39, 0.29) is 5.91 Å². The van der Waals surface area contributed by atoms with Crippen molar-refractivity contribution >= 4 is 11.8 Å². The van der Waals surface area contributed by atoms with Crippen molar-refractivity contribution in [3.05, 3.63) is 48.0 Å². The summed E-state index contributed by atoms with van der Waals surface area (Å²) in [6.07, 6.45) is 2.14. The van der Waals surface area contributed by atoms with E-state index in [9.17, 15) is 9.59 Å². The lowest BCUT2D eigenvalue weighted by Gasteiger charge is -2.01. The standard InChI is InChI=1S/C11H12N2O2/c12-10(14)6-7-11(15)13-8-9-4-2-1-3-5-9/h1-7H,8H2,(H2,12,14)(H,13,15)/b7-6+. The number of benzene rings is 1. The maximum absolute atomic E-state index is 11.1. The molecule has 0 fully saturated rings. The monoisotopic (exact) mass is 204 g/mol. The maximum atomic E-state index is 11.1. The van der Waals surface area contributed by atoms with Crippen LogP contribution in [0.25, 0.3) is 0 Å². The predicted molar refractivity (Wildman–Crippen MR) is 56.6 cm³/mol. The molecule has 1 rings (SSSR count). The van der Waals surface area contributed by atoms with E-state index in [1.165, 1.54) is 0 Å². The second-order valence-corrected chi connectivity index (χ2v) is 2.94. The van der Waals surface area contributed by atoms with Crippen LogP contribution in [0.1, 0.15) is 5.56 Å². The first-order chi connectivity index (χ1) is 7.18. The summed E-state index contributed by atoms with van der Waals surface area (Å²) < 4.78 is 0. The van der Waals surface area contributed by atoms with Crippen LogP contribution in [0.2, 0.25) is 0 Å². The van der Waals surface area contributed by atoms with Crippen LogP contribution in [-0.4, -0.2) is 11.8 Å². The third kappa shape index (κ3) is 4.61. The van der Waals surface area contributed by atoms with Crippen LogP contribution >= 0.6 is 0 Å². The van der Waals surface area contributed by atoms with Crippen molar-refractivity contribution in [3.8, 4) is 0 Å². The molecule has 78 valence electrons. The average molecular weight is 204 g/mol. The summed E-state index contributed by atoms with van der Waals surface area (Å²) in [7, 11) is 0. The first-order valence-corrected chi connectivity index (χ1v) is 4.48. The fourth-order valence-corrected chi connectivity index (χ4v) is 1.00. The van der Waals surface area contributed by atoms with Gasteiger partial charge in [-0.05, 0) is 5.56 Å². The Bertz CT molecular complexity index is 371. The van der Waals surface area contributed by atoms with E-state index in [1.54, 1.807) is 0 Å². The molecule has 1 aromatic rings. The number of nitrogens with one attached hydrogen (secondary N) is 1. The Morgan fingerprint density at radius 3 is 2.47 bits per heavy atom. The summed E-state index contributed by atoms with van der Waals surface area (Å²) in [5.41, 5.74) is 5.84. The molecular weight excluding hydrogens is 192 g/mol. The molecule has 0 heterocycles. The smallest absolute Gasteiger partial charge is 0.244 e. The number of carbonyl (C=O) groups is 2. The molecule has 0 aliphatic carbocycles. The van der Waals surface area contributed by atoms with E-state index in [2.05, 4.69) is 5.32 Å². The highest BCUT2D eigenvalue weighted by Gasteiger charge is 1.96. The number of amides is 2. The molecule has 4 heteroatoms. The molecule has 1 aromatic carbocycles. The Labute approximate surface area is 87.8 Å². The minimum absolute atomic E-state index is 0.336. The van der Waals surface area contributed by atoms with Gasteiger partial charge in [0.15, 0.2) is 0 Å². The summed E-state index contributed by atoms with van der Waals surface area (Å²) >= 11 is 0. The molecule has 0 aliphatic heterocycles. The lowest BCUT2D eigenvalue weighted by molar-refractivity contribution is -0.117. The number of nitrogens with two attached hydrogens (primary N) is 1. The molecule has 3 N–H and O–H groups in total. The van der Waals surface area contributed by atoms with Gasteiger partial charge in [-0.15, -0.1) is 0 Å². The van der Waals surface area contributed by atoms with Gasteiger partial charge in [-0.2, -0.15) is 0 Å². The number of rotatable bonds is 4. The van der Waals surface area contributed by atoms with Gasteiger partial charge in [-0.3, -0.25) is 9.59 Å². The zero-order valence-electron chi connectivity index (χ0n) is 8.14. The number of carbonyl (C=O) groups excluding carboxylic acids is 2. The van der Waals surface area contributed by atoms with Gasteiger partial charge in [0.2, 0.25) is 11.8 Å². The van der Waals surface area contributed by atoms with E-state index in [0.717, 1.165) is 17.7 Å². The number of hydrogen-bond donors (Lipinski definition) is 2. The first kappa shape index (κ1) is 11.0. The molecule has 0 saturated heterocycles. The maximum Gasteiger partial charge on any atom is 0.244 e. The second kappa shape index (κ2) is 5.59. The Morgan fingerprint density at radius 1 is 1.20 bits per heavy atom. The number of hydrogen-bond acceptors (Lipinski definition) is 2. The third-order valence-corrected chi connectivity index (χ3v) is 1.71. The van der Waals surface area contributed by atoms with Crippen LogP contribution < -0.4 is 11.1 Å². The molecule has 0 aromatic heterocycles. The molecule has 0 radical (unpaired) electrons. The van der Waals surface area contributed by atoms with Gasteiger partial charge in [0.25, 0.3) is 0 Å². The molecule has 0 unspecified atom stereocenters. The van der Waals surface area contributed by atoms with Crippen LogP contribution in [0.5, 0.6) is 0 Å². The van der Waals surface area contributed by atoms with E-state index in [0.29, 0.717) is 6.54 Å². The second-order valence-electron chi connectivity index (χ2n) is 2.94. The molecular formula is C11H12N2O2.